The van der Waals surface area contributed by atoms with Crippen molar-refractivity contribution in [3.8, 4) is 0 Å². The lowest BCUT2D eigenvalue weighted by Crippen LogP contribution is -2.32. The molecule has 0 atom stereocenters. The average Bonchev–Trinajstić information content (AvgIpc) is 2.01. The van der Waals surface area contributed by atoms with Crippen LogP contribution in [0.5, 0.6) is 0 Å². The van der Waals surface area contributed by atoms with Crippen LogP contribution in [0.4, 0.5) is 13.2 Å². The third kappa shape index (κ3) is 4.49. The first-order chi connectivity index (χ1) is 5.89. The molecule has 0 aromatic heterocycles. The van der Waals surface area contributed by atoms with Crippen molar-refractivity contribution in [1.29, 1.82) is 0 Å². The topological polar surface area (TPSA) is 43.4 Å². The number of ether oxygens (including phenoxy) is 1. The van der Waals surface area contributed by atoms with Crippen molar-refractivity contribution < 1.29 is 27.5 Å². The van der Waals surface area contributed by atoms with Crippen LogP contribution in [0.15, 0.2) is 0 Å². The molecule has 13 heavy (non-hydrogen) atoms. The molecule has 0 amide bonds. The number of hydrogen-bond donors (Lipinski definition) is 0. The Labute approximate surface area is 72.9 Å². The van der Waals surface area contributed by atoms with E-state index in [2.05, 4.69) is 4.74 Å². The molecule has 0 spiro atoms. The maximum absolute atomic E-state index is 11.6. The Morgan fingerprint density at radius 2 is 1.85 bits per heavy atom. The predicted octanol–water partition coefficient (Wildman–Crippen LogP) is 1.46. The molecule has 0 aromatic carbocycles. The number of hydrogen-bond acceptors (Lipinski definition) is 3. The normalized spacial score (nSPS) is 11.1. The van der Waals surface area contributed by atoms with Gasteiger partial charge in [0.2, 0.25) is 0 Å². The minimum Gasteiger partial charge on any atom is -0.460 e. The lowest BCUT2D eigenvalue weighted by atomic mass is 10.3. The Kier molecular flexibility index (Phi) is 4.44. The van der Waals surface area contributed by atoms with Gasteiger partial charge in [0.15, 0.2) is 0 Å². The number of rotatable bonds is 4. The molecule has 0 unspecified atom stereocenters. The maximum Gasteiger partial charge on any atom is 0.461 e. The number of Topliss-reactive ketones (excluding diaryl/α,β-unsaturated/α-hetero) is 1. The molecule has 0 heterocycles. The highest BCUT2D eigenvalue weighted by atomic mass is 19.4. The molecule has 0 saturated carbocycles. The van der Waals surface area contributed by atoms with Gasteiger partial charge in [0.05, 0.1) is 6.61 Å². The number of carbonyl (C=O) groups excluding carboxylic acids is 2. The van der Waals surface area contributed by atoms with Crippen molar-refractivity contribution in [1.82, 2.24) is 0 Å². The van der Waals surface area contributed by atoms with Crippen molar-refractivity contribution in [2.75, 3.05) is 6.61 Å². The summed E-state index contributed by atoms with van der Waals surface area (Å²) in [6.45, 7) is 1.62. The lowest BCUT2D eigenvalue weighted by molar-refractivity contribution is -0.183. The van der Waals surface area contributed by atoms with Crippen LogP contribution in [-0.2, 0) is 14.3 Å². The van der Waals surface area contributed by atoms with Crippen LogP contribution in [0.3, 0.4) is 0 Å². The fraction of sp³-hybridized carbons (Fsp3) is 0.714. The van der Waals surface area contributed by atoms with E-state index in [0.29, 0.717) is 12.8 Å². The highest BCUT2D eigenvalue weighted by molar-refractivity contribution is 6.35. The van der Waals surface area contributed by atoms with Crippen molar-refractivity contribution >= 4 is 11.8 Å². The van der Waals surface area contributed by atoms with E-state index in [0.717, 1.165) is 0 Å². The van der Waals surface area contributed by atoms with E-state index in [4.69, 9.17) is 0 Å². The summed E-state index contributed by atoms with van der Waals surface area (Å²) in [7, 11) is 0. The van der Waals surface area contributed by atoms with Crippen LogP contribution in [-0.4, -0.2) is 24.5 Å². The van der Waals surface area contributed by atoms with Crippen molar-refractivity contribution in [2.45, 2.75) is 25.9 Å². The summed E-state index contributed by atoms with van der Waals surface area (Å²) in [5.74, 6) is -4.29. The molecule has 0 aliphatic rings. The molecule has 0 bridgehead atoms. The molecule has 0 aliphatic carbocycles. The van der Waals surface area contributed by atoms with Gasteiger partial charge >= 0.3 is 17.9 Å². The lowest BCUT2D eigenvalue weighted by Gasteiger charge is -2.04. The Bertz CT molecular complexity index is 198. The van der Waals surface area contributed by atoms with Crippen LogP contribution < -0.4 is 0 Å². The van der Waals surface area contributed by atoms with Gasteiger partial charge in [-0.2, -0.15) is 13.2 Å². The molecule has 0 saturated heterocycles. The zero-order valence-electron chi connectivity index (χ0n) is 6.98. The predicted molar refractivity (Wildman–Crippen MR) is 36.9 cm³/mol. The number of ketones is 1. The molecular weight excluding hydrogens is 189 g/mol. The van der Waals surface area contributed by atoms with Gasteiger partial charge in [-0.25, -0.2) is 4.79 Å². The fourth-order valence-electron chi connectivity index (χ4n) is 0.490. The van der Waals surface area contributed by atoms with Crippen LogP contribution in [0.2, 0.25) is 0 Å². The summed E-state index contributed by atoms with van der Waals surface area (Å²) in [6, 6.07) is 0. The SMILES string of the molecule is CCCCOC(=O)C(=O)C(F)(F)F. The first-order valence-electron chi connectivity index (χ1n) is 3.68. The van der Waals surface area contributed by atoms with Gasteiger partial charge in [0.1, 0.15) is 0 Å². The maximum atomic E-state index is 11.6. The summed E-state index contributed by atoms with van der Waals surface area (Å²) in [4.78, 5) is 20.5. The zero-order chi connectivity index (χ0) is 10.5. The summed E-state index contributed by atoms with van der Waals surface area (Å²) >= 11 is 0. The smallest absolute Gasteiger partial charge is 0.460 e. The van der Waals surface area contributed by atoms with Gasteiger partial charge in [-0.1, -0.05) is 13.3 Å². The monoisotopic (exact) mass is 198 g/mol. The number of halogens is 3. The molecular formula is C7H9F3O3. The Morgan fingerprint density at radius 3 is 2.23 bits per heavy atom. The molecule has 0 radical (unpaired) electrons. The first-order valence-corrected chi connectivity index (χ1v) is 3.68. The molecule has 3 nitrogen and oxygen atoms in total. The van der Waals surface area contributed by atoms with Gasteiger partial charge in [0, 0.05) is 0 Å². The molecule has 0 fully saturated rings. The molecule has 6 heteroatoms. The second-order valence-corrected chi connectivity index (χ2v) is 2.32. The van der Waals surface area contributed by atoms with E-state index >= 15 is 0 Å². The van der Waals surface area contributed by atoms with Crippen LogP contribution in [0, 0.1) is 0 Å². The van der Waals surface area contributed by atoms with E-state index in [9.17, 15) is 22.8 Å². The molecule has 0 aliphatic heterocycles. The number of alkyl halides is 3. The molecule has 0 N–H and O–H groups in total. The zero-order valence-corrected chi connectivity index (χ0v) is 6.98. The van der Waals surface area contributed by atoms with Gasteiger partial charge in [-0.3, -0.25) is 4.79 Å². The van der Waals surface area contributed by atoms with Gasteiger partial charge < -0.3 is 4.74 Å². The van der Waals surface area contributed by atoms with Gasteiger partial charge in [-0.05, 0) is 6.42 Å². The number of unbranched alkanes of at least 4 members (excludes halogenated alkanes) is 1. The summed E-state index contributed by atoms with van der Waals surface area (Å²) in [5.41, 5.74) is 0. The third-order valence-corrected chi connectivity index (χ3v) is 1.17. The minimum atomic E-state index is -5.14. The Balaban J connectivity index is 3.92. The average molecular weight is 198 g/mol. The fourth-order valence-corrected chi connectivity index (χ4v) is 0.490. The number of esters is 1. The van der Waals surface area contributed by atoms with Crippen molar-refractivity contribution in [3.63, 3.8) is 0 Å². The molecule has 0 aromatic rings. The third-order valence-electron chi connectivity index (χ3n) is 1.17. The van der Waals surface area contributed by atoms with Crippen LogP contribution in [0.1, 0.15) is 19.8 Å². The molecule has 76 valence electrons. The summed E-state index contributed by atoms with van der Waals surface area (Å²) in [5, 5.41) is 0. The van der Waals surface area contributed by atoms with E-state index in [1.165, 1.54) is 0 Å². The van der Waals surface area contributed by atoms with Crippen molar-refractivity contribution in [2.24, 2.45) is 0 Å². The second kappa shape index (κ2) is 4.84. The van der Waals surface area contributed by atoms with Crippen LogP contribution in [0.25, 0.3) is 0 Å². The Morgan fingerprint density at radius 1 is 1.31 bits per heavy atom. The highest BCUT2D eigenvalue weighted by Crippen LogP contribution is 2.16. The second-order valence-electron chi connectivity index (χ2n) is 2.32. The Hall–Kier alpha value is -1.07. The van der Waals surface area contributed by atoms with Gasteiger partial charge in [0.25, 0.3) is 0 Å². The van der Waals surface area contributed by atoms with Gasteiger partial charge in [-0.15, -0.1) is 0 Å². The van der Waals surface area contributed by atoms with Crippen molar-refractivity contribution in [3.05, 3.63) is 0 Å². The molecule has 0 rings (SSSR count). The van der Waals surface area contributed by atoms with E-state index in [-0.39, 0.29) is 6.61 Å². The summed E-state index contributed by atoms with van der Waals surface area (Å²) in [6.07, 6.45) is -4.02. The first kappa shape index (κ1) is 11.9. The van der Waals surface area contributed by atoms with E-state index in [1.54, 1.807) is 6.92 Å². The van der Waals surface area contributed by atoms with E-state index in [1.807, 2.05) is 0 Å². The minimum absolute atomic E-state index is 0.156. The summed E-state index contributed by atoms with van der Waals surface area (Å²) < 4.78 is 38.7. The highest BCUT2D eigenvalue weighted by Gasteiger charge is 2.44. The van der Waals surface area contributed by atoms with E-state index < -0.39 is 17.9 Å². The van der Waals surface area contributed by atoms with Crippen LogP contribution >= 0.6 is 0 Å². The largest absolute Gasteiger partial charge is 0.461 e. The standard InChI is InChI=1S/C7H9F3O3/c1-2-3-4-13-6(12)5(11)7(8,9)10/h2-4H2,1H3. The quantitative estimate of drug-likeness (QED) is 0.390. The number of carbonyl (C=O) groups is 2.